The van der Waals surface area contributed by atoms with Crippen molar-refractivity contribution in [3.05, 3.63) is 101 Å². The number of benzene rings is 3. The Kier molecular flexibility index (Phi) is 9.06. The number of fused-ring (bicyclic) bond motifs is 1. The SMILES string of the molecule is COc1ccc2c(c1)CC(O)(C(=O)N1CCC[C@H]1C(=O)NCc1ccc(/C(N)=N\C(=O)OCc3ccccc3)cc1)CC2. The van der Waals surface area contributed by atoms with Crippen LogP contribution < -0.4 is 15.8 Å². The summed E-state index contributed by atoms with van der Waals surface area (Å²) in [5.41, 5.74) is 8.61. The minimum atomic E-state index is -1.56. The van der Waals surface area contributed by atoms with Gasteiger partial charge in [-0.25, -0.2) is 4.79 Å². The van der Waals surface area contributed by atoms with Crippen LogP contribution in [-0.4, -0.2) is 59.0 Å². The van der Waals surface area contributed by atoms with Crippen LogP contribution in [0.1, 0.15) is 47.1 Å². The van der Waals surface area contributed by atoms with E-state index in [1.807, 2.05) is 48.5 Å². The lowest BCUT2D eigenvalue weighted by Crippen LogP contribution is -2.56. The lowest BCUT2D eigenvalue weighted by molar-refractivity contribution is -0.156. The van der Waals surface area contributed by atoms with E-state index in [-0.39, 0.29) is 31.3 Å². The van der Waals surface area contributed by atoms with Crippen molar-refractivity contribution in [1.82, 2.24) is 10.2 Å². The summed E-state index contributed by atoms with van der Waals surface area (Å²) in [6.07, 6.45) is 1.50. The summed E-state index contributed by atoms with van der Waals surface area (Å²) in [5.74, 6) is 0.0346. The van der Waals surface area contributed by atoms with Crippen molar-refractivity contribution in [3.8, 4) is 5.75 Å². The average Bonchev–Trinajstić information content (AvgIpc) is 3.52. The summed E-state index contributed by atoms with van der Waals surface area (Å²) in [6, 6.07) is 21.3. The van der Waals surface area contributed by atoms with E-state index in [0.29, 0.717) is 43.5 Å². The molecule has 1 heterocycles. The molecule has 0 bridgehead atoms. The second kappa shape index (κ2) is 13.1. The molecule has 2 atom stereocenters. The molecule has 5 rings (SSSR count). The second-order valence-corrected chi connectivity index (χ2v) is 11.0. The van der Waals surface area contributed by atoms with Gasteiger partial charge in [0.1, 0.15) is 29.8 Å². The van der Waals surface area contributed by atoms with Crippen molar-refractivity contribution in [2.45, 2.75) is 56.9 Å². The van der Waals surface area contributed by atoms with Crippen LogP contribution in [0.4, 0.5) is 4.79 Å². The maximum atomic E-state index is 13.6. The fourth-order valence-corrected chi connectivity index (χ4v) is 5.63. The van der Waals surface area contributed by atoms with Crippen LogP contribution >= 0.6 is 0 Å². The van der Waals surface area contributed by atoms with Crippen molar-refractivity contribution in [3.63, 3.8) is 0 Å². The predicted octanol–water partition coefficient (Wildman–Crippen LogP) is 3.26. The Morgan fingerprint density at radius 3 is 2.56 bits per heavy atom. The number of nitrogens with two attached hydrogens (primary N) is 1. The average molecular weight is 585 g/mol. The standard InChI is InChI=1S/C33H36N4O6/c1-42-27-14-13-24-15-16-33(41,19-26(24)18-27)31(39)37-17-5-8-28(37)30(38)35-20-22-9-11-25(12-10-22)29(34)36-32(40)43-21-23-6-3-2-4-7-23/h2-4,6-7,9-14,18,28,41H,5,8,15-17,19-21H2,1H3,(H,35,38)(H2,34,36,40)/t28-,33?/m0/s1. The Morgan fingerprint density at radius 2 is 1.81 bits per heavy atom. The van der Waals surface area contributed by atoms with Gasteiger partial charge in [0, 0.05) is 25.1 Å². The van der Waals surface area contributed by atoms with Crippen LogP contribution in [0.25, 0.3) is 0 Å². The summed E-state index contributed by atoms with van der Waals surface area (Å²) >= 11 is 0. The Hall–Kier alpha value is -4.70. The molecule has 224 valence electrons. The van der Waals surface area contributed by atoms with Crippen LogP contribution in [0.3, 0.4) is 0 Å². The number of methoxy groups -OCH3 is 1. The maximum absolute atomic E-state index is 13.6. The number of ether oxygens (including phenoxy) is 2. The molecule has 3 aromatic carbocycles. The molecule has 1 aliphatic heterocycles. The fourth-order valence-electron chi connectivity index (χ4n) is 5.63. The van der Waals surface area contributed by atoms with Crippen LogP contribution in [0, 0.1) is 0 Å². The number of aryl methyl sites for hydroxylation is 1. The Labute approximate surface area is 250 Å². The van der Waals surface area contributed by atoms with Gasteiger partial charge < -0.3 is 30.5 Å². The number of hydrogen-bond donors (Lipinski definition) is 3. The van der Waals surface area contributed by atoms with Gasteiger partial charge in [-0.1, -0.05) is 60.7 Å². The second-order valence-electron chi connectivity index (χ2n) is 11.0. The summed E-state index contributed by atoms with van der Waals surface area (Å²) in [7, 11) is 1.58. The molecule has 1 aliphatic carbocycles. The number of carbonyl (C=O) groups is 3. The zero-order valence-corrected chi connectivity index (χ0v) is 24.1. The van der Waals surface area contributed by atoms with Crippen molar-refractivity contribution in [1.29, 1.82) is 0 Å². The fraction of sp³-hybridized carbons (Fsp3) is 0.333. The van der Waals surface area contributed by atoms with Crippen molar-refractivity contribution < 1.29 is 29.0 Å². The number of aliphatic imine (C=N–C) groups is 1. The van der Waals surface area contributed by atoms with E-state index in [4.69, 9.17) is 15.2 Å². The van der Waals surface area contributed by atoms with Gasteiger partial charge in [0.2, 0.25) is 5.91 Å². The zero-order chi connectivity index (χ0) is 30.4. The molecule has 43 heavy (non-hydrogen) atoms. The number of hydrogen-bond acceptors (Lipinski definition) is 6. The molecule has 1 unspecified atom stereocenters. The highest BCUT2D eigenvalue weighted by Crippen LogP contribution is 2.34. The highest BCUT2D eigenvalue weighted by Gasteiger charge is 2.46. The van der Waals surface area contributed by atoms with E-state index in [9.17, 15) is 19.5 Å². The molecule has 2 aliphatic rings. The first kappa shape index (κ1) is 29.8. The number of carbonyl (C=O) groups excluding carboxylic acids is 3. The third-order valence-corrected chi connectivity index (χ3v) is 8.05. The molecule has 10 heteroatoms. The van der Waals surface area contributed by atoms with Crippen LogP contribution in [-0.2, 0) is 40.3 Å². The lowest BCUT2D eigenvalue weighted by atomic mass is 9.79. The molecular formula is C33H36N4O6. The molecule has 3 aromatic rings. The van der Waals surface area contributed by atoms with E-state index in [0.717, 1.165) is 22.3 Å². The maximum Gasteiger partial charge on any atom is 0.435 e. The quantitative estimate of drug-likeness (QED) is 0.272. The first-order chi connectivity index (χ1) is 20.8. The van der Waals surface area contributed by atoms with E-state index < -0.39 is 23.6 Å². The summed E-state index contributed by atoms with van der Waals surface area (Å²) < 4.78 is 10.5. The molecule has 0 aromatic heterocycles. The lowest BCUT2D eigenvalue weighted by Gasteiger charge is -2.37. The first-order valence-electron chi connectivity index (χ1n) is 14.4. The zero-order valence-electron chi connectivity index (χ0n) is 24.1. The highest BCUT2D eigenvalue weighted by molar-refractivity contribution is 6.02. The third-order valence-electron chi connectivity index (χ3n) is 8.05. The summed E-state index contributed by atoms with van der Waals surface area (Å²) in [6.45, 7) is 0.762. The molecule has 1 saturated heterocycles. The van der Waals surface area contributed by atoms with Crippen LogP contribution in [0.15, 0.2) is 77.8 Å². The predicted molar refractivity (Wildman–Crippen MR) is 160 cm³/mol. The molecule has 10 nitrogen and oxygen atoms in total. The minimum absolute atomic E-state index is 0.0236. The molecular weight excluding hydrogens is 548 g/mol. The van der Waals surface area contributed by atoms with E-state index in [2.05, 4.69) is 10.3 Å². The van der Waals surface area contributed by atoms with Gasteiger partial charge >= 0.3 is 6.09 Å². The largest absolute Gasteiger partial charge is 0.497 e. The number of amidine groups is 1. The van der Waals surface area contributed by atoms with Gasteiger partial charge in [0.25, 0.3) is 5.91 Å². The monoisotopic (exact) mass is 584 g/mol. The summed E-state index contributed by atoms with van der Waals surface area (Å²) in [4.78, 5) is 44.1. The molecule has 4 N–H and O–H groups in total. The Morgan fingerprint density at radius 1 is 1.05 bits per heavy atom. The van der Waals surface area contributed by atoms with Gasteiger partial charge in [-0.2, -0.15) is 4.99 Å². The van der Waals surface area contributed by atoms with E-state index in [1.54, 1.807) is 31.4 Å². The number of aliphatic hydroxyl groups is 1. The van der Waals surface area contributed by atoms with Gasteiger partial charge in [-0.15, -0.1) is 0 Å². The molecule has 0 spiro atoms. The molecule has 3 amide bonds. The Bertz CT molecular complexity index is 1510. The topological polar surface area (TPSA) is 144 Å². The molecule has 0 radical (unpaired) electrons. The van der Waals surface area contributed by atoms with E-state index in [1.165, 1.54) is 4.90 Å². The van der Waals surface area contributed by atoms with Gasteiger partial charge in [-0.05, 0) is 60.1 Å². The van der Waals surface area contributed by atoms with Gasteiger partial charge in [-0.3, -0.25) is 9.59 Å². The normalized spacial score (nSPS) is 19.8. The van der Waals surface area contributed by atoms with Crippen LogP contribution in [0.5, 0.6) is 5.75 Å². The molecule has 1 fully saturated rings. The van der Waals surface area contributed by atoms with Gasteiger partial charge in [0.05, 0.1) is 7.11 Å². The first-order valence-corrected chi connectivity index (χ1v) is 14.4. The summed E-state index contributed by atoms with van der Waals surface area (Å²) in [5, 5.41) is 14.3. The number of rotatable bonds is 8. The van der Waals surface area contributed by atoms with E-state index >= 15 is 0 Å². The van der Waals surface area contributed by atoms with Crippen molar-refractivity contribution in [2.24, 2.45) is 10.7 Å². The number of nitrogens with zero attached hydrogens (tertiary/aromatic N) is 2. The Balaban J connectivity index is 1.15. The van der Waals surface area contributed by atoms with Crippen molar-refractivity contribution >= 4 is 23.7 Å². The molecule has 0 saturated carbocycles. The smallest absolute Gasteiger partial charge is 0.435 e. The number of nitrogens with one attached hydrogen (secondary N) is 1. The minimum Gasteiger partial charge on any atom is -0.497 e. The third kappa shape index (κ3) is 7.03. The highest BCUT2D eigenvalue weighted by atomic mass is 16.5. The van der Waals surface area contributed by atoms with Crippen LogP contribution in [0.2, 0.25) is 0 Å². The number of likely N-dealkylation sites (tertiary alicyclic amines) is 1. The van der Waals surface area contributed by atoms with Gasteiger partial charge in [0.15, 0.2) is 0 Å². The number of amides is 3. The van der Waals surface area contributed by atoms with Crippen molar-refractivity contribution in [2.75, 3.05) is 13.7 Å².